The van der Waals surface area contributed by atoms with Crippen LogP contribution in [0.4, 0.5) is 5.82 Å². The highest BCUT2D eigenvalue weighted by Crippen LogP contribution is 2.41. The second kappa shape index (κ2) is 4.67. The molecule has 0 N–H and O–H groups in total. The van der Waals surface area contributed by atoms with Gasteiger partial charge in [0, 0.05) is 32.0 Å². The SMILES string of the molecule is COC1[C@@H]2CC[C@H]1CN(c1nc(C)nc3ccsc13)C2. The van der Waals surface area contributed by atoms with Crippen LogP contribution in [0.15, 0.2) is 11.4 Å². The van der Waals surface area contributed by atoms with Crippen molar-refractivity contribution in [2.24, 2.45) is 11.8 Å². The molecule has 0 radical (unpaired) electrons. The molecule has 5 heteroatoms. The Labute approximate surface area is 122 Å². The fraction of sp³-hybridized carbons (Fsp3) is 0.600. The maximum atomic E-state index is 5.70. The smallest absolute Gasteiger partial charge is 0.150 e. The number of hydrogen-bond acceptors (Lipinski definition) is 5. The van der Waals surface area contributed by atoms with Crippen molar-refractivity contribution in [2.75, 3.05) is 25.1 Å². The van der Waals surface area contributed by atoms with Crippen LogP contribution >= 0.6 is 11.3 Å². The summed E-state index contributed by atoms with van der Waals surface area (Å²) in [5.41, 5.74) is 1.08. The summed E-state index contributed by atoms with van der Waals surface area (Å²) < 4.78 is 6.93. The Hall–Kier alpha value is -1.20. The van der Waals surface area contributed by atoms with E-state index in [9.17, 15) is 0 Å². The van der Waals surface area contributed by atoms with Gasteiger partial charge in [-0.15, -0.1) is 11.3 Å². The first kappa shape index (κ1) is 12.5. The van der Waals surface area contributed by atoms with E-state index in [0.717, 1.165) is 30.2 Å². The second-order valence-electron chi connectivity index (χ2n) is 5.93. The summed E-state index contributed by atoms with van der Waals surface area (Å²) in [5.74, 6) is 3.31. The first-order chi connectivity index (χ1) is 9.76. The lowest BCUT2D eigenvalue weighted by molar-refractivity contribution is 0.0295. The van der Waals surface area contributed by atoms with Crippen molar-refractivity contribution in [2.45, 2.75) is 25.9 Å². The average molecular weight is 289 g/mol. The molecule has 1 saturated heterocycles. The number of hydrogen-bond donors (Lipinski definition) is 0. The number of piperidine rings is 1. The number of thiophene rings is 1. The summed E-state index contributed by atoms with van der Waals surface area (Å²) in [6, 6.07) is 2.09. The predicted molar refractivity (Wildman–Crippen MR) is 81.4 cm³/mol. The van der Waals surface area contributed by atoms with Crippen molar-refractivity contribution in [1.29, 1.82) is 0 Å². The van der Waals surface area contributed by atoms with Crippen LogP contribution in [0.5, 0.6) is 0 Å². The minimum absolute atomic E-state index is 0.452. The van der Waals surface area contributed by atoms with E-state index in [0.29, 0.717) is 17.9 Å². The molecule has 4 rings (SSSR count). The van der Waals surface area contributed by atoms with E-state index in [1.54, 1.807) is 11.3 Å². The first-order valence-corrected chi connectivity index (χ1v) is 8.14. The van der Waals surface area contributed by atoms with Crippen molar-refractivity contribution in [3.05, 3.63) is 17.3 Å². The van der Waals surface area contributed by atoms with E-state index in [4.69, 9.17) is 9.72 Å². The third-order valence-electron chi connectivity index (χ3n) is 4.72. The molecule has 2 aromatic heterocycles. The summed E-state index contributed by atoms with van der Waals surface area (Å²) in [6.45, 7) is 4.12. The Morgan fingerprint density at radius 3 is 2.70 bits per heavy atom. The molecule has 4 nitrogen and oxygen atoms in total. The largest absolute Gasteiger partial charge is 0.381 e. The molecular weight excluding hydrogens is 270 g/mol. The molecule has 2 fully saturated rings. The van der Waals surface area contributed by atoms with Crippen LogP contribution in [0.3, 0.4) is 0 Å². The molecule has 1 saturated carbocycles. The predicted octanol–water partition coefficient (Wildman–Crippen LogP) is 2.86. The van der Waals surface area contributed by atoms with Crippen LogP contribution in [0.25, 0.3) is 10.2 Å². The van der Waals surface area contributed by atoms with E-state index in [1.807, 2.05) is 14.0 Å². The van der Waals surface area contributed by atoms with E-state index >= 15 is 0 Å². The summed E-state index contributed by atoms with van der Waals surface area (Å²) >= 11 is 1.75. The molecule has 20 heavy (non-hydrogen) atoms. The molecule has 1 unspecified atom stereocenters. The van der Waals surface area contributed by atoms with Gasteiger partial charge in [0.15, 0.2) is 0 Å². The fourth-order valence-electron chi connectivity index (χ4n) is 3.91. The number of methoxy groups -OCH3 is 1. The van der Waals surface area contributed by atoms with Crippen LogP contribution in [-0.4, -0.2) is 36.3 Å². The number of nitrogens with zero attached hydrogens (tertiary/aromatic N) is 3. The summed E-state index contributed by atoms with van der Waals surface area (Å²) in [7, 11) is 1.86. The Balaban J connectivity index is 1.72. The van der Waals surface area contributed by atoms with Gasteiger partial charge in [-0.1, -0.05) is 0 Å². The number of ether oxygens (including phenoxy) is 1. The lowest BCUT2D eigenvalue weighted by Gasteiger charge is -2.38. The molecule has 0 aromatic carbocycles. The topological polar surface area (TPSA) is 38.2 Å². The monoisotopic (exact) mass is 289 g/mol. The van der Waals surface area contributed by atoms with Gasteiger partial charge in [-0.05, 0) is 31.2 Å². The molecule has 2 aliphatic rings. The van der Waals surface area contributed by atoms with Gasteiger partial charge >= 0.3 is 0 Å². The van der Waals surface area contributed by atoms with Gasteiger partial charge in [0.1, 0.15) is 11.6 Å². The number of rotatable bonds is 2. The van der Waals surface area contributed by atoms with Crippen molar-refractivity contribution in [1.82, 2.24) is 9.97 Å². The zero-order valence-corrected chi connectivity index (χ0v) is 12.7. The molecule has 106 valence electrons. The minimum atomic E-state index is 0.452. The zero-order valence-electron chi connectivity index (χ0n) is 11.9. The van der Waals surface area contributed by atoms with E-state index in [2.05, 4.69) is 21.3 Å². The number of anilines is 1. The van der Waals surface area contributed by atoms with Crippen molar-refractivity contribution < 1.29 is 4.74 Å². The third-order valence-corrected chi connectivity index (χ3v) is 5.62. The van der Waals surface area contributed by atoms with Gasteiger partial charge < -0.3 is 9.64 Å². The van der Waals surface area contributed by atoms with E-state index < -0.39 is 0 Å². The third kappa shape index (κ3) is 1.84. The van der Waals surface area contributed by atoms with Crippen LogP contribution in [0, 0.1) is 18.8 Å². The first-order valence-electron chi connectivity index (χ1n) is 7.26. The van der Waals surface area contributed by atoms with Gasteiger partial charge in [-0.3, -0.25) is 0 Å². The summed E-state index contributed by atoms with van der Waals surface area (Å²) in [5, 5.41) is 2.11. The van der Waals surface area contributed by atoms with Crippen molar-refractivity contribution in [3.8, 4) is 0 Å². The van der Waals surface area contributed by atoms with Gasteiger partial charge in [-0.25, -0.2) is 9.97 Å². The van der Waals surface area contributed by atoms with Crippen LogP contribution in [0.2, 0.25) is 0 Å². The van der Waals surface area contributed by atoms with Gasteiger partial charge in [0.05, 0.1) is 16.3 Å². The Morgan fingerprint density at radius 2 is 2.00 bits per heavy atom. The summed E-state index contributed by atoms with van der Waals surface area (Å²) in [6.07, 6.45) is 3.03. The number of aryl methyl sites for hydroxylation is 1. The van der Waals surface area contributed by atoms with Gasteiger partial charge in [0.25, 0.3) is 0 Å². The Kier molecular flexibility index (Phi) is 2.93. The van der Waals surface area contributed by atoms with Crippen molar-refractivity contribution >= 4 is 27.4 Å². The lowest BCUT2D eigenvalue weighted by atomic mass is 9.95. The Bertz CT molecular complexity index is 627. The molecule has 2 bridgehead atoms. The molecule has 3 atom stereocenters. The van der Waals surface area contributed by atoms with Gasteiger partial charge in [0.2, 0.25) is 0 Å². The average Bonchev–Trinajstić information content (AvgIpc) is 2.99. The van der Waals surface area contributed by atoms with Gasteiger partial charge in [-0.2, -0.15) is 0 Å². The molecule has 1 aliphatic heterocycles. The number of fused-ring (bicyclic) bond motifs is 3. The lowest BCUT2D eigenvalue weighted by Crippen LogP contribution is -2.46. The second-order valence-corrected chi connectivity index (χ2v) is 6.85. The van der Waals surface area contributed by atoms with Crippen molar-refractivity contribution in [3.63, 3.8) is 0 Å². The standard InChI is InChI=1S/C15H19N3OS/c1-9-16-12-5-6-20-14(12)15(17-9)18-7-10-3-4-11(8-18)13(10)19-2/h5-6,10-11,13H,3-4,7-8H2,1-2H3/t10-,11+,13?. The fourth-order valence-corrected chi connectivity index (χ4v) is 4.75. The molecule has 0 spiro atoms. The Morgan fingerprint density at radius 1 is 1.25 bits per heavy atom. The molecular formula is C15H19N3OS. The molecule has 0 amide bonds. The van der Waals surface area contributed by atoms with E-state index in [-0.39, 0.29) is 0 Å². The quantitative estimate of drug-likeness (QED) is 0.852. The van der Waals surface area contributed by atoms with E-state index in [1.165, 1.54) is 17.5 Å². The summed E-state index contributed by atoms with van der Waals surface area (Å²) in [4.78, 5) is 11.7. The van der Waals surface area contributed by atoms with Crippen LogP contribution in [0.1, 0.15) is 18.7 Å². The highest BCUT2D eigenvalue weighted by molar-refractivity contribution is 7.17. The number of aromatic nitrogens is 2. The molecule has 1 aliphatic carbocycles. The zero-order chi connectivity index (χ0) is 13.7. The maximum absolute atomic E-state index is 5.70. The van der Waals surface area contributed by atoms with Crippen LogP contribution in [-0.2, 0) is 4.74 Å². The molecule has 3 heterocycles. The minimum Gasteiger partial charge on any atom is -0.381 e. The normalized spacial score (nSPS) is 29.3. The molecule has 2 aromatic rings. The maximum Gasteiger partial charge on any atom is 0.150 e. The highest BCUT2D eigenvalue weighted by Gasteiger charge is 2.42. The van der Waals surface area contributed by atoms with Crippen LogP contribution < -0.4 is 4.90 Å². The highest BCUT2D eigenvalue weighted by atomic mass is 32.1.